The van der Waals surface area contributed by atoms with E-state index in [0.29, 0.717) is 0 Å². The van der Waals surface area contributed by atoms with E-state index in [-0.39, 0.29) is 21.7 Å². The summed E-state index contributed by atoms with van der Waals surface area (Å²) < 4.78 is 0. The molecule has 2 aliphatic carbocycles. The van der Waals surface area contributed by atoms with Crippen LogP contribution in [0.5, 0.6) is 0 Å². The van der Waals surface area contributed by atoms with Crippen molar-refractivity contribution in [3.63, 3.8) is 0 Å². The minimum atomic E-state index is -0.615. The first-order valence-electron chi connectivity index (χ1n) is 24.3. The lowest BCUT2D eigenvalue weighted by Gasteiger charge is -2.43. The van der Waals surface area contributed by atoms with Gasteiger partial charge in [0.25, 0.3) is 0 Å². The normalized spacial score (nSPS) is 15.1. The van der Waals surface area contributed by atoms with Crippen LogP contribution in [0.1, 0.15) is 161 Å². The lowest BCUT2D eigenvalue weighted by Crippen LogP contribution is -2.35. The van der Waals surface area contributed by atoms with Crippen LogP contribution in [0.2, 0.25) is 0 Å². The maximum atomic E-state index is 2.65. The number of hydrogen-bond donors (Lipinski definition) is 0. The Hall–Kier alpha value is -5.98. The van der Waals surface area contributed by atoms with E-state index in [0.717, 1.165) is 0 Å². The van der Waals surface area contributed by atoms with Crippen molar-refractivity contribution in [3.8, 4) is 22.3 Å². The third-order valence-corrected chi connectivity index (χ3v) is 15.5. The first kappa shape index (κ1) is 43.9. The van der Waals surface area contributed by atoms with Gasteiger partial charge in [-0.25, -0.2) is 0 Å². The second kappa shape index (κ2) is 14.8. The van der Waals surface area contributed by atoms with Crippen LogP contribution in [0.3, 0.4) is 0 Å². The summed E-state index contributed by atoms with van der Waals surface area (Å²) in [5.74, 6) is 0. The van der Waals surface area contributed by atoms with E-state index in [1.807, 2.05) is 0 Å². The highest BCUT2D eigenvalue weighted by molar-refractivity contribution is 6.07. The zero-order chi connectivity index (χ0) is 46.9. The zero-order valence-corrected chi connectivity index (χ0v) is 42.0. The third kappa shape index (κ3) is 6.53. The van der Waals surface area contributed by atoms with Gasteiger partial charge in [0.15, 0.2) is 0 Å². The maximum absolute atomic E-state index is 2.65. The summed E-state index contributed by atoms with van der Waals surface area (Å²) in [6, 6.07) is 63.1. The first-order valence-corrected chi connectivity index (χ1v) is 24.3. The minimum absolute atomic E-state index is 0.0242. The lowest BCUT2D eigenvalue weighted by atomic mass is 9.58. The predicted octanol–water partition coefficient (Wildman–Crippen LogP) is 17.4. The van der Waals surface area contributed by atoms with E-state index >= 15 is 0 Å². The Labute approximate surface area is 396 Å². The molecule has 0 atom stereocenters. The summed E-state index contributed by atoms with van der Waals surface area (Å²) >= 11 is 0. The van der Waals surface area contributed by atoms with Crippen LogP contribution in [-0.4, -0.2) is 0 Å². The van der Waals surface area contributed by atoms with Crippen molar-refractivity contribution >= 4 is 10.8 Å². The summed E-state index contributed by atoms with van der Waals surface area (Å²) in [5.41, 5.74) is 22.7. The molecule has 0 unspecified atom stereocenters. The molecule has 332 valence electrons. The van der Waals surface area contributed by atoms with Gasteiger partial charge in [-0.05, 0) is 153 Å². The van der Waals surface area contributed by atoms with E-state index in [2.05, 4.69) is 255 Å². The van der Waals surface area contributed by atoms with Gasteiger partial charge in [-0.2, -0.15) is 0 Å². The Bertz CT molecular complexity index is 3060. The van der Waals surface area contributed by atoms with Crippen molar-refractivity contribution < 1.29 is 0 Å². The van der Waals surface area contributed by atoms with Gasteiger partial charge in [0, 0.05) is 0 Å². The molecule has 8 aromatic rings. The summed E-state index contributed by atoms with van der Waals surface area (Å²) in [6.45, 7) is 32.4. The Morgan fingerprint density at radius 1 is 0.303 bits per heavy atom. The lowest BCUT2D eigenvalue weighted by molar-refractivity contribution is 0.588. The summed E-state index contributed by atoms with van der Waals surface area (Å²) in [5, 5.41) is 2.67. The number of benzene rings is 8. The van der Waals surface area contributed by atoms with Gasteiger partial charge in [0.1, 0.15) is 0 Å². The van der Waals surface area contributed by atoms with Crippen molar-refractivity contribution in [3.05, 3.63) is 236 Å². The molecule has 0 bridgehead atoms. The molecule has 0 aliphatic heterocycles. The van der Waals surface area contributed by atoms with Crippen molar-refractivity contribution in [2.75, 3.05) is 0 Å². The molecule has 10 rings (SSSR count). The van der Waals surface area contributed by atoms with Gasteiger partial charge in [0.2, 0.25) is 0 Å². The average Bonchev–Trinajstić information content (AvgIpc) is 3.55. The molecule has 0 N–H and O–H groups in total. The topological polar surface area (TPSA) is 0 Å². The summed E-state index contributed by atoms with van der Waals surface area (Å²) in [7, 11) is 0. The molecule has 0 heteroatoms. The van der Waals surface area contributed by atoms with Gasteiger partial charge in [-0.15, -0.1) is 0 Å². The molecule has 0 fully saturated rings. The zero-order valence-electron chi connectivity index (χ0n) is 42.0. The van der Waals surface area contributed by atoms with E-state index in [4.69, 9.17) is 0 Å². The highest BCUT2D eigenvalue weighted by Gasteiger charge is 2.51. The SMILES string of the molecule is Cc1ccc2c(c1)C(c1ccc(C(C)(C)C)cc1)(c1ccc(C(C)(C)C)cc1)c1cc3c(cc1-2)C(c1ccc(C(C)(C)C)cc1)(c1ccc(C(C)(C)C)cc1)c1cccc2c(C)ccc-3c12. The number of hydrogen-bond acceptors (Lipinski definition) is 0. The largest absolute Gasteiger partial charge is 0.0714 e. The van der Waals surface area contributed by atoms with E-state index in [1.54, 1.807) is 0 Å². The van der Waals surface area contributed by atoms with Gasteiger partial charge in [-0.3, -0.25) is 0 Å². The smallest absolute Gasteiger partial charge is 0.0613 e. The molecule has 0 nitrogen and oxygen atoms in total. The average molecular weight is 861 g/mol. The summed E-state index contributed by atoms with van der Waals surface area (Å²) in [4.78, 5) is 0. The Morgan fingerprint density at radius 2 is 0.652 bits per heavy atom. The molecule has 0 saturated heterocycles. The quantitative estimate of drug-likeness (QED) is 0.165. The molecule has 0 saturated carbocycles. The third-order valence-electron chi connectivity index (χ3n) is 15.5. The van der Waals surface area contributed by atoms with Crippen LogP contribution in [0, 0.1) is 13.8 Å². The first-order chi connectivity index (χ1) is 31.0. The second-order valence-electron chi connectivity index (χ2n) is 24.0. The fourth-order valence-corrected chi connectivity index (χ4v) is 11.7. The van der Waals surface area contributed by atoms with E-state index < -0.39 is 10.8 Å². The molecular weight excluding hydrogens is 793 g/mol. The van der Waals surface area contributed by atoms with Crippen LogP contribution in [-0.2, 0) is 32.5 Å². The second-order valence-corrected chi connectivity index (χ2v) is 24.0. The van der Waals surface area contributed by atoms with Crippen molar-refractivity contribution in [2.24, 2.45) is 0 Å². The van der Waals surface area contributed by atoms with E-state index in [1.165, 1.54) is 111 Å². The van der Waals surface area contributed by atoms with E-state index in [9.17, 15) is 0 Å². The van der Waals surface area contributed by atoms with Gasteiger partial charge >= 0.3 is 0 Å². The molecule has 0 radical (unpaired) electrons. The molecule has 2 aliphatic rings. The fraction of sp³-hybridized carbons (Fsp3) is 0.303. The Kier molecular flexibility index (Phi) is 9.81. The van der Waals surface area contributed by atoms with Gasteiger partial charge in [0.05, 0.1) is 10.8 Å². The van der Waals surface area contributed by atoms with Crippen LogP contribution in [0.4, 0.5) is 0 Å². The Balaban J connectivity index is 1.39. The molecule has 66 heavy (non-hydrogen) atoms. The predicted molar refractivity (Wildman–Crippen MR) is 283 cm³/mol. The highest BCUT2D eigenvalue weighted by atomic mass is 14.5. The monoisotopic (exact) mass is 861 g/mol. The molecular formula is C66H68. The minimum Gasteiger partial charge on any atom is -0.0613 e. The van der Waals surface area contributed by atoms with Gasteiger partial charge in [-0.1, -0.05) is 234 Å². The molecule has 0 aromatic heterocycles. The van der Waals surface area contributed by atoms with Crippen molar-refractivity contribution in [1.82, 2.24) is 0 Å². The molecule has 0 amide bonds. The fourth-order valence-electron chi connectivity index (χ4n) is 11.7. The standard InChI is InChI=1S/C66H68/c1-41-18-36-52-54-39-59-55(40-58(54)66(57(52)38-41,49-32-24-45(25-33-49)63(9,10)11)50-34-26-46(27-35-50)64(12,13)14)53-37-19-42(2)51-16-15-17-56(60(51)53)65(59,47-28-20-43(21-29-47)61(3,4)5)48-30-22-44(23-31-48)62(6,7)8/h15-40H,1-14H3. The van der Waals surface area contributed by atoms with Crippen molar-refractivity contribution in [2.45, 2.75) is 129 Å². The van der Waals surface area contributed by atoms with Crippen LogP contribution >= 0.6 is 0 Å². The van der Waals surface area contributed by atoms with Gasteiger partial charge < -0.3 is 0 Å². The number of fused-ring (bicyclic) bond motifs is 5. The molecule has 0 spiro atoms. The van der Waals surface area contributed by atoms with Crippen LogP contribution in [0.25, 0.3) is 33.0 Å². The number of aryl methyl sites for hydroxylation is 2. The molecule has 8 aromatic carbocycles. The van der Waals surface area contributed by atoms with Crippen LogP contribution < -0.4 is 0 Å². The number of rotatable bonds is 4. The Morgan fingerprint density at radius 3 is 1.05 bits per heavy atom. The van der Waals surface area contributed by atoms with Crippen molar-refractivity contribution in [1.29, 1.82) is 0 Å². The molecule has 0 heterocycles. The highest BCUT2D eigenvalue weighted by Crippen LogP contribution is 2.62. The van der Waals surface area contributed by atoms with Crippen LogP contribution in [0.15, 0.2) is 158 Å². The summed E-state index contributed by atoms with van der Waals surface area (Å²) in [6.07, 6.45) is 0. The maximum Gasteiger partial charge on any atom is 0.0714 e.